The number of hydrogen-bond donors (Lipinski definition) is 1. The van der Waals surface area contributed by atoms with Gasteiger partial charge in [0.2, 0.25) is 0 Å². The van der Waals surface area contributed by atoms with Crippen molar-refractivity contribution in [3.63, 3.8) is 0 Å². The van der Waals surface area contributed by atoms with Crippen molar-refractivity contribution in [1.29, 1.82) is 5.26 Å². The molecule has 0 fully saturated rings. The summed E-state index contributed by atoms with van der Waals surface area (Å²) in [5.41, 5.74) is 0.829. The van der Waals surface area contributed by atoms with Gasteiger partial charge in [-0.2, -0.15) is 5.26 Å². The first-order chi connectivity index (χ1) is 13.1. The zero-order chi connectivity index (χ0) is 19.0. The minimum absolute atomic E-state index is 0.179. The van der Waals surface area contributed by atoms with Crippen LogP contribution in [0.15, 0.2) is 48.5 Å². The Morgan fingerprint density at radius 2 is 1.89 bits per heavy atom. The Kier molecular flexibility index (Phi) is 4.29. The smallest absolute Gasteiger partial charge is 0.264 e. The number of carbonyl (C=O) groups excluding carboxylic acids is 2. The van der Waals surface area contributed by atoms with E-state index < -0.39 is 17.4 Å². The maximum absolute atomic E-state index is 13.3. The number of aliphatic hydroxyl groups is 1. The number of nitrogens with zero attached hydrogens (tertiary/aromatic N) is 2. The van der Waals surface area contributed by atoms with Crippen molar-refractivity contribution < 1.29 is 14.7 Å². The minimum atomic E-state index is -1.85. The van der Waals surface area contributed by atoms with Gasteiger partial charge in [-0.05, 0) is 30.9 Å². The molecule has 0 saturated heterocycles. The Hall–Kier alpha value is -2.97. The molecule has 136 valence electrons. The average molecular weight is 360 g/mol. The Labute approximate surface area is 157 Å². The number of para-hydroxylation sites is 1. The molecule has 1 N–H and O–H groups in total. The summed E-state index contributed by atoms with van der Waals surface area (Å²) in [7, 11) is 0. The molecule has 0 bridgehead atoms. The molecule has 0 saturated carbocycles. The number of rotatable bonds is 4. The average Bonchev–Trinajstić information content (AvgIpc) is 2.91. The number of nitriles is 1. The summed E-state index contributed by atoms with van der Waals surface area (Å²) in [5.74, 6) is -1.44. The quantitative estimate of drug-likeness (QED) is 0.850. The molecule has 27 heavy (non-hydrogen) atoms. The van der Waals surface area contributed by atoms with E-state index in [1.54, 1.807) is 24.3 Å². The van der Waals surface area contributed by atoms with Gasteiger partial charge in [0.1, 0.15) is 0 Å². The lowest BCUT2D eigenvalue weighted by Gasteiger charge is -2.34. The van der Waals surface area contributed by atoms with Gasteiger partial charge >= 0.3 is 0 Å². The predicted octanol–water partition coefficient (Wildman–Crippen LogP) is 2.97. The molecule has 2 aromatic carbocycles. The molecule has 0 radical (unpaired) electrons. The number of Topliss-reactive ketones (excluding diaryl/α,β-unsaturated/α-hetero) is 1. The fourth-order valence-corrected chi connectivity index (χ4v) is 4.33. The van der Waals surface area contributed by atoms with Crippen molar-refractivity contribution >= 4 is 17.4 Å². The Bertz CT molecular complexity index is 962. The number of amides is 1. The number of benzene rings is 2. The molecule has 1 aliphatic heterocycles. The second kappa shape index (κ2) is 6.64. The number of hydrogen-bond acceptors (Lipinski definition) is 4. The molecule has 2 atom stereocenters. The van der Waals surface area contributed by atoms with Gasteiger partial charge in [-0.3, -0.25) is 9.59 Å². The molecule has 2 unspecified atom stereocenters. The first-order valence-corrected chi connectivity index (χ1v) is 9.22. The van der Waals surface area contributed by atoms with Gasteiger partial charge in [-0.15, -0.1) is 0 Å². The van der Waals surface area contributed by atoms with Gasteiger partial charge in [0.25, 0.3) is 5.91 Å². The van der Waals surface area contributed by atoms with E-state index >= 15 is 0 Å². The lowest BCUT2D eigenvalue weighted by molar-refractivity contribution is -0.140. The van der Waals surface area contributed by atoms with E-state index in [-0.39, 0.29) is 5.78 Å². The van der Waals surface area contributed by atoms with Crippen molar-refractivity contribution in [2.75, 3.05) is 11.4 Å². The maximum Gasteiger partial charge on any atom is 0.264 e. The van der Waals surface area contributed by atoms with Crippen LogP contribution in [-0.2, 0) is 16.8 Å². The molecular weight excluding hydrogens is 340 g/mol. The second-order valence-electron chi connectivity index (χ2n) is 7.11. The van der Waals surface area contributed by atoms with Gasteiger partial charge < -0.3 is 10.0 Å². The maximum atomic E-state index is 13.3. The van der Waals surface area contributed by atoms with Crippen LogP contribution in [0.5, 0.6) is 0 Å². The molecule has 1 amide bonds. The number of carbonyl (C=O) groups is 2. The molecule has 5 heteroatoms. The van der Waals surface area contributed by atoms with Gasteiger partial charge in [0.15, 0.2) is 11.4 Å². The van der Waals surface area contributed by atoms with Crippen molar-refractivity contribution in [2.24, 2.45) is 5.92 Å². The van der Waals surface area contributed by atoms with E-state index in [2.05, 4.69) is 6.07 Å². The standard InChI is InChI=1S/C22H20N2O3/c23-13-5-6-14-24-19-10-4-3-9-17(19)22(27,21(24)26)18-12-11-15-7-1-2-8-16(15)20(18)25/h1-4,7-10,18,27H,5-6,11-12,14H2. The van der Waals surface area contributed by atoms with Crippen LogP contribution in [0.1, 0.15) is 40.7 Å². The number of anilines is 1. The molecule has 2 aromatic rings. The molecule has 1 aliphatic carbocycles. The zero-order valence-corrected chi connectivity index (χ0v) is 14.9. The highest BCUT2D eigenvalue weighted by atomic mass is 16.3. The van der Waals surface area contributed by atoms with Gasteiger partial charge in [0, 0.05) is 24.1 Å². The van der Waals surface area contributed by atoms with Crippen LogP contribution < -0.4 is 4.90 Å². The van der Waals surface area contributed by atoms with Crippen LogP contribution in [0.4, 0.5) is 5.69 Å². The minimum Gasteiger partial charge on any atom is -0.375 e. The Morgan fingerprint density at radius 3 is 2.70 bits per heavy atom. The third-order valence-corrected chi connectivity index (χ3v) is 5.65. The van der Waals surface area contributed by atoms with Crippen LogP contribution in [0.25, 0.3) is 0 Å². The largest absolute Gasteiger partial charge is 0.375 e. The van der Waals surface area contributed by atoms with Crippen molar-refractivity contribution in [1.82, 2.24) is 0 Å². The van der Waals surface area contributed by atoms with E-state index in [9.17, 15) is 14.7 Å². The summed E-state index contributed by atoms with van der Waals surface area (Å²) >= 11 is 0. The molecule has 0 aromatic heterocycles. The number of ketones is 1. The normalized spacial score (nSPS) is 23.7. The molecular formula is C22H20N2O3. The lowest BCUT2D eigenvalue weighted by Crippen LogP contribution is -2.49. The predicted molar refractivity (Wildman–Crippen MR) is 100 cm³/mol. The summed E-state index contributed by atoms with van der Waals surface area (Å²) in [6.45, 7) is 0.350. The highest BCUT2D eigenvalue weighted by Gasteiger charge is 2.57. The Morgan fingerprint density at radius 1 is 1.15 bits per heavy atom. The van der Waals surface area contributed by atoms with E-state index in [1.807, 2.05) is 24.3 Å². The van der Waals surface area contributed by atoms with Gasteiger partial charge in [-0.25, -0.2) is 0 Å². The number of fused-ring (bicyclic) bond motifs is 2. The highest BCUT2D eigenvalue weighted by molar-refractivity contribution is 6.12. The number of aryl methyl sites for hydroxylation is 1. The van der Waals surface area contributed by atoms with Gasteiger partial charge in [-0.1, -0.05) is 42.5 Å². The van der Waals surface area contributed by atoms with E-state index in [0.29, 0.717) is 49.0 Å². The van der Waals surface area contributed by atoms with Crippen LogP contribution in [-0.4, -0.2) is 23.3 Å². The zero-order valence-electron chi connectivity index (χ0n) is 14.9. The summed E-state index contributed by atoms with van der Waals surface area (Å²) < 4.78 is 0. The van der Waals surface area contributed by atoms with Crippen molar-refractivity contribution in [3.05, 3.63) is 65.2 Å². The SMILES string of the molecule is N#CCCCN1C(=O)C(O)(C2CCc3ccccc3C2=O)c2ccccc21. The second-order valence-corrected chi connectivity index (χ2v) is 7.11. The van der Waals surface area contributed by atoms with Gasteiger partial charge in [0.05, 0.1) is 17.7 Å². The van der Waals surface area contributed by atoms with Crippen LogP contribution >= 0.6 is 0 Å². The third-order valence-electron chi connectivity index (χ3n) is 5.65. The van der Waals surface area contributed by atoms with E-state index in [4.69, 9.17) is 5.26 Å². The van der Waals surface area contributed by atoms with E-state index in [1.165, 1.54) is 4.90 Å². The van der Waals surface area contributed by atoms with Crippen molar-refractivity contribution in [2.45, 2.75) is 31.3 Å². The molecule has 4 rings (SSSR count). The highest BCUT2D eigenvalue weighted by Crippen LogP contribution is 2.48. The lowest BCUT2D eigenvalue weighted by atomic mass is 9.71. The third kappa shape index (κ3) is 2.56. The topological polar surface area (TPSA) is 81.4 Å². The summed E-state index contributed by atoms with van der Waals surface area (Å²) in [5, 5.41) is 20.4. The fraction of sp³-hybridized carbons (Fsp3) is 0.318. The molecule has 2 aliphatic rings. The van der Waals surface area contributed by atoms with E-state index in [0.717, 1.165) is 5.56 Å². The first kappa shape index (κ1) is 17.4. The summed E-state index contributed by atoms with van der Waals surface area (Å²) in [4.78, 5) is 28.0. The molecule has 0 spiro atoms. The fourth-order valence-electron chi connectivity index (χ4n) is 4.33. The first-order valence-electron chi connectivity index (χ1n) is 9.22. The van der Waals surface area contributed by atoms with Crippen LogP contribution in [0, 0.1) is 17.2 Å². The number of unbranched alkanes of at least 4 members (excludes halogenated alkanes) is 1. The van der Waals surface area contributed by atoms with Crippen LogP contribution in [0.3, 0.4) is 0 Å². The van der Waals surface area contributed by atoms with Crippen LogP contribution in [0.2, 0.25) is 0 Å². The molecule has 5 nitrogen and oxygen atoms in total. The monoisotopic (exact) mass is 360 g/mol. The van der Waals surface area contributed by atoms with Crippen molar-refractivity contribution in [3.8, 4) is 6.07 Å². The summed E-state index contributed by atoms with van der Waals surface area (Å²) in [6.07, 6.45) is 1.94. The summed E-state index contributed by atoms with van der Waals surface area (Å²) in [6, 6.07) is 16.6. The molecule has 1 heterocycles. The Balaban J connectivity index is 1.75.